The zero-order valence-corrected chi connectivity index (χ0v) is 19.5. The number of rotatable bonds is 3. The average Bonchev–Trinajstić information content (AvgIpc) is 3.30. The fraction of sp³-hybridized carbons (Fsp3) is 0.103. The minimum absolute atomic E-state index is 0.0467. The molecule has 5 heteroatoms. The van der Waals surface area contributed by atoms with Gasteiger partial charge in [-0.1, -0.05) is 74.0 Å². The first-order chi connectivity index (χ1) is 16.4. The van der Waals surface area contributed by atoms with Gasteiger partial charge < -0.3 is 4.57 Å². The van der Waals surface area contributed by atoms with Crippen molar-refractivity contribution in [3.05, 3.63) is 117 Å². The highest BCUT2D eigenvalue weighted by atomic mass is 35.5. The maximum absolute atomic E-state index is 11.8. The number of fused-ring (bicyclic) bond motifs is 5. The summed E-state index contributed by atoms with van der Waals surface area (Å²) in [4.78, 5) is 11.4. The molecule has 1 aliphatic rings. The van der Waals surface area contributed by atoms with Crippen LogP contribution in [-0.4, -0.2) is 9.49 Å². The van der Waals surface area contributed by atoms with Gasteiger partial charge in [0.25, 0.3) is 5.69 Å². The van der Waals surface area contributed by atoms with E-state index in [9.17, 15) is 10.1 Å². The van der Waals surface area contributed by atoms with Crippen LogP contribution in [0.4, 0.5) is 5.69 Å². The van der Waals surface area contributed by atoms with Crippen LogP contribution in [0, 0.1) is 10.1 Å². The zero-order chi connectivity index (χ0) is 23.6. The maximum Gasteiger partial charge on any atom is 0.277 e. The molecule has 0 N–H and O–H groups in total. The van der Waals surface area contributed by atoms with Crippen LogP contribution in [0.15, 0.2) is 91.0 Å². The summed E-state index contributed by atoms with van der Waals surface area (Å²) in [6.07, 6.45) is 0. The number of nitro groups is 1. The molecule has 0 saturated carbocycles. The van der Waals surface area contributed by atoms with Crippen LogP contribution in [0.5, 0.6) is 0 Å². The van der Waals surface area contributed by atoms with Crippen LogP contribution in [-0.2, 0) is 5.41 Å². The topological polar surface area (TPSA) is 48.1 Å². The third kappa shape index (κ3) is 2.85. The second-order valence-corrected chi connectivity index (χ2v) is 9.65. The standard InChI is InChI=1S/C29H21ClN2O2/c1-29(2)24-11-7-6-10-21(24)28-27(29)23-16-18(22-17-19(30)13-15-26(22)32(33)34)12-14-25(23)31(28)20-8-4-3-5-9-20/h3-17H,1-2H3. The van der Waals surface area contributed by atoms with Gasteiger partial charge in [0.2, 0.25) is 0 Å². The Morgan fingerprint density at radius 1 is 0.853 bits per heavy atom. The van der Waals surface area contributed by atoms with Crippen molar-refractivity contribution in [1.82, 2.24) is 4.57 Å². The lowest BCUT2D eigenvalue weighted by Gasteiger charge is -2.21. The Morgan fingerprint density at radius 3 is 2.35 bits per heavy atom. The molecule has 0 atom stereocenters. The van der Waals surface area contributed by atoms with Crippen molar-refractivity contribution in [2.24, 2.45) is 0 Å². The predicted molar refractivity (Wildman–Crippen MR) is 138 cm³/mol. The number of para-hydroxylation sites is 1. The molecule has 34 heavy (non-hydrogen) atoms. The van der Waals surface area contributed by atoms with Gasteiger partial charge in [-0.2, -0.15) is 0 Å². The third-order valence-electron chi connectivity index (χ3n) is 6.93. The van der Waals surface area contributed by atoms with Gasteiger partial charge >= 0.3 is 0 Å². The summed E-state index contributed by atoms with van der Waals surface area (Å²) in [5.74, 6) is 0. The Morgan fingerprint density at radius 2 is 1.59 bits per heavy atom. The molecule has 0 radical (unpaired) electrons. The van der Waals surface area contributed by atoms with Crippen molar-refractivity contribution in [3.8, 4) is 28.1 Å². The van der Waals surface area contributed by atoms with Crippen LogP contribution < -0.4 is 0 Å². The van der Waals surface area contributed by atoms with Gasteiger partial charge in [-0.15, -0.1) is 0 Å². The molecule has 4 aromatic carbocycles. The smallest absolute Gasteiger partial charge is 0.277 e. The minimum atomic E-state index is -0.352. The molecule has 1 heterocycles. The predicted octanol–water partition coefficient (Wildman–Crippen LogP) is 8.17. The van der Waals surface area contributed by atoms with Gasteiger partial charge in [0, 0.05) is 33.1 Å². The molecule has 0 saturated heterocycles. The van der Waals surface area contributed by atoms with Crippen LogP contribution in [0.2, 0.25) is 5.02 Å². The summed E-state index contributed by atoms with van der Waals surface area (Å²) in [7, 11) is 0. The minimum Gasteiger partial charge on any atom is -0.309 e. The van der Waals surface area contributed by atoms with E-state index in [1.807, 2.05) is 24.3 Å². The van der Waals surface area contributed by atoms with Gasteiger partial charge in [0.05, 0.1) is 21.7 Å². The molecule has 5 aromatic rings. The number of nitro benzene ring substituents is 1. The first-order valence-electron chi connectivity index (χ1n) is 11.2. The Balaban J connectivity index is 1.73. The molecule has 0 unspecified atom stereocenters. The molecule has 0 aliphatic heterocycles. The fourth-order valence-corrected chi connectivity index (χ4v) is 5.63. The summed E-state index contributed by atoms with van der Waals surface area (Å²) in [5.41, 5.74) is 8.21. The summed E-state index contributed by atoms with van der Waals surface area (Å²) >= 11 is 6.25. The lowest BCUT2D eigenvalue weighted by Crippen LogP contribution is -2.14. The maximum atomic E-state index is 11.8. The third-order valence-corrected chi connectivity index (χ3v) is 7.16. The van der Waals surface area contributed by atoms with Gasteiger partial charge in [-0.25, -0.2) is 0 Å². The molecule has 0 amide bonds. The molecule has 0 fully saturated rings. The second kappa shape index (κ2) is 7.31. The Hall–Kier alpha value is -3.89. The van der Waals surface area contributed by atoms with E-state index in [-0.39, 0.29) is 16.0 Å². The molecule has 0 spiro atoms. The summed E-state index contributed by atoms with van der Waals surface area (Å²) < 4.78 is 2.31. The number of hydrogen-bond acceptors (Lipinski definition) is 2. The quantitative estimate of drug-likeness (QED) is 0.200. The molecule has 166 valence electrons. The van der Waals surface area contributed by atoms with E-state index in [2.05, 4.69) is 66.9 Å². The lowest BCUT2D eigenvalue weighted by atomic mass is 9.81. The van der Waals surface area contributed by atoms with E-state index >= 15 is 0 Å². The van der Waals surface area contributed by atoms with Crippen LogP contribution in [0.1, 0.15) is 25.0 Å². The summed E-state index contributed by atoms with van der Waals surface area (Å²) in [5, 5.41) is 13.3. The van der Waals surface area contributed by atoms with Crippen molar-refractivity contribution >= 4 is 28.2 Å². The number of halogens is 1. The van der Waals surface area contributed by atoms with Crippen molar-refractivity contribution < 1.29 is 4.92 Å². The van der Waals surface area contributed by atoms with E-state index in [1.54, 1.807) is 12.1 Å². The number of benzene rings is 4. The highest BCUT2D eigenvalue weighted by Crippen LogP contribution is 2.54. The summed E-state index contributed by atoms with van der Waals surface area (Å²) in [6.45, 7) is 4.50. The molecule has 1 aliphatic carbocycles. The van der Waals surface area contributed by atoms with E-state index in [0.717, 1.165) is 22.2 Å². The number of aromatic nitrogens is 1. The van der Waals surface area contributed by atoms with Gasteiger partial charge in [-0.3, -0.25) is 10.1 Å². The fourth-order valence-electron chi connectivity index (χ4n) is 5.46. The highest BCUT2D eigenvalue weighted by Gasteiger charge is 2.40. The number of hydrogen-bond donors (Lipinski definition) is 0. The highest BCUT2D eigenvalue weighted by molar-refractivity contribution is 6.31. The second-order valence-electron chi connectivity index (χ2n) is 9.22. The average molecular weight is 465 g/mol. The number of nitrogens with zero attached hydrogens (tertiary/aromatic N) is 2. The largest absolute Gasteiger partial charge is 0.309 e. The lowest BCUT2D eigenvalue weighted by molar-refractivity contribution is -0.384. The molecule has 4 nitrogen and oxygen atoms in total. The van der Waals surface area contributed by atoms with E-state index in [0.29, 0.717) is 10.6 Å². The Bertz CT molecular complexity index is 1620. The Labute approximate surface area is 202 Å². The van der Waals surface area contributed by atoms with Crippen LogP contribution in [0.25, 0.3) is 39.0 Å². The normalized spacial score (nSPS) is 13.6. The van der Waals surface area contributed by atoms with Gasteiger partial charge in [-0.05, 0) is 53.1 Å². The van der Waals surface area contributed by atoms with E-state index < -0.39 is 0 Å². The van der Waals surface area contributed by atoms with E-state index in [4.69, 9.17) is 11.6 Å². The first kappa shape index (κ1) is 20.7. The molecule has 0 bridgehead atoms. The van der Waals surface area contributed by atoms with Crippen molar-refractivity contribution in [1.29, 1.82) is 0 Å². The molecule has 1 aromatic heterocycles. The molecular weight excluding hydrogens is 444 g/mol. The van der Waals surface area contributed by atoms with E-state index in [1.165, 1.54) is 28.5 Å². The van der Waals surface area contributed by atoms with Crippen molar-refractivity contribution in [3.63, 3.8) is 0 Å². The van der Waals surface area contributed by atoms with Crippen LogP contribution in [0.3, 0.4) is 0 Å². The molecular formula is C29H21ClN2O2. The van der Waals surface area contributed by atoms with Crippen LogP contribution >= 0.6 is 11.6 Å². The molecule has 6 rings (SSSR count). The summed E-state index contributed by atoms with van der Waals surface area (Å²) in [6, 6.07) is 29.7. The zero-order valence-electron chi connectivity index (χ0n) is 18.7. The van der Waals surface area contributed by atoms with Crippen molar-refractivity contribution in [2.75, 3.05) is 0 Å². The van der Waals surface area contributed by atoms with Gasteiger partial charge in [0.15, 0.2) is 0 Å². The Kier molecular flexibility index (Phi) is 4.45. The monoisotopic (exact) mass is 464 g/mol. The SMILES string of the molecule is CC1(C)c2ccccc2-c2c1c1cc(-c3cc(Cl)ccc3[N+](=O)[O-])ccc1n2-c1ccccc1. The first-order valence-corrected chi connectivity index (χ1v) is 11.5. The van der Waals surface area contributed by atoms with Crippen molar-refractivity contribution in [2.45, 2.75) is 19.3 Å². The van der Waals surface area contributed by atoms with Gasteiger partial charge in [0.1, 0.15) is 0 Å².